The SMILES string of the molecule is COC(=O)[C@H](CO)N(CO)CO. The van der Waals surface area contributed by atoms with E-state index >= 15 is 0 Å². The van der Waals surface area contributed by atoms with Gasteiger partial charge in [-0.3, -0.25) is 4.79 Å². The molecule has 0 unspecified atom stereocenters. The molecule has 0 fully saturated rings. The molecule has 0 aromatic carbocycles. The van der Waals surface area contributed by atoms with Crippen molar-refractivity contribution in [3.63, 3.8) is 0 Å². The Labute approximate surface area is 70.0 Å². The van der Waals surface area contributed by atoms with Gasteiger partial charge < -0.3 is 20.1 Å². The summed E-state index contributed by atoms with van der Waals surface area (Å²) in [6, 6.07) is -1.01. The Morgan fingerprint density at radius 1 is 1.42 bits per heavy atom. The molecule has 0 amide bonds. The molecular weight excluding hydrogens is 166 g/mol. The number of methoxy groups -OCH3 is 1. The lowest BCUT2D eigenvalue weighted by Gasteiger charge is -2.23. The number of carbonyl (C=O) groups excluding carboxylic acids is 1. The fraction of sp³-hybridized carbons (Fsp3) is 0.833. The molecule has 72 valence electrons. The number of carbonyl (C=O) groups is 1. The van der Waals surface area contributed by atoms with Crippen LogP contribution in [0.15, 0.2) is 0 Å². The fourth-order valence-corrected chi connectivity index (χ4v) is 0.717. The highest BCUT2D eigenvalue weighted by atomic mass is 16.5. The largest absolute Gasteiger partial charge is 0.468 e. The van der Waals surface area contributed by atoms with Crippen molar-refractivity contribution in [3.8, 4) is 0 Å². The van der Waals surface area contributed by atoms with Gasteiger partial charge in [-0.25, -0.2) is 4.90 Å². The molecule has 0 aliphatic rings. The zero-order chi connectivity index (χ0) is 9.56. The van der Waals surface area contributed by atoms with E-state index in [4.69, 9.17) is 15.3 Å². The molecule has 0 saturated heterocycles. The van der Waals surface area contributed by atoms with Gasteiger partial charge in [-0.15, -0.1) is 0 Å². The number of aliphatic hydroxyl groups is 3. The molecule has 0 radical (unpaired) electrons. The molecule has 0 aromatic rings. The lowest BCUT2D eigenvalue weighted by Crippen LogP contribution is -2.45. The first-order valence-electron chi connectivity index (χ1n) is 3.35. The van der Waals surface area contributed by atoms with Gasteiger partial charge in [-0.05, 0) is 0 Å². The second kappa shape index (κ2) is 5.90. The van der Waals surface area contributed by atoms with Crippen LogP contribution in [0.4, 0.5) is 0 Å². The summed E-state index contributed by atoms with van der Waals surface area (Å²) in [7, 11) is 1.16. The molecule has 1 atom stereocenters. The zero-order valence-electron chi connectivity index (χ0n) is 6.80. The highest BCUT2D eigenvalue weighted by Crippen LogP contribution is 1.98. The lowest BCUT2D eigenvalue weighted by molar-refractivity contribution is -0.153. The van der Waals surface area contributed by atoms with Crippen molar-refractivity contribution < 1.29 is 24.9 Å². The highest BCUT2D eigenvalue weighted by Gasteiger charge is 2.24. The quantitative estimate of drug-likeness (QED) is 0.325. The molecule has 0 saturated carbocycles. The maximum absolute atomic E-state index is 10.9. The molecular formula is C6H13NO5. The van der Waals surface area contributed by atoms with E-state index in [0.717, 1.165) is 12.0 Å². The number of aliphatic hydroxyl groups excluding tert-OH is 3. The van der Waals surface area contributed by atoms with E-state index in [1.807, 2.05) is 0 Å². The van der Waals surface area contributed by atoms with Gasteiger partial charge in [0.1, 0.15) is 6.04 Å². The van der Waals surface area contributed by atoms with Crippen LogP contribution in [0, 0.1) is 0 Å². The molecule has 3 N–H and O–H groups in total. The maximum Gasteiger partial charge on any atom is 0.325 e. The summed E-state index contributed by atoms with van der Waals surface area (Å²) in [5, 5.41) is 25.9. The average Bonchev–Trinajstić information content (AvgIpc) is 2.12. The molecule has 0 heterocycles. The maximum atomic E-state index is 10.9. The summed E-state index contributed by atoms with van der Waals surface area (Å²) >= 11 is 0. The highest BCUT2D eigenvalue weighted by molar-refractivity contribution is 5.75. The minimum absolute atomic E-state index is 0.506. The van der Waals surface area contributed by atoms with Crippen molar-refractivity contribution in [1.29, 1.82) is 0 Å². The Morgan fingerprint density at radius 3 is 2.17 bits per heavy atom. The smallest absolute Gasteiger partial charge is 0.325 e. The summed E-state index contributed by atoms with van der Waals surface area (Å²) < 4.78 is 4.33. The Kier molecular flexibility index (Phi) is 5.56. The van der Waals surface area contributed by atoms with Gasteiger partial charge in [0.2, 0.25) is 0 Å². The van der Waals surface area contributed by atoms with Crippen LogP contribution in [0.3, 0.4) is 0 Å². The molecule has 12 heavy (non-hydrogen) atoms. The van der Waals surface area contributed by atoms with E-state index < -0.39 is 32.1 Å². The van der Waals surface area contributed by atoms with E-state index in [2.05, 4.69) is 4.74 Å². The topological polar surface area (TPSA) is 90.2 Å². The number of esters is 1. The van der Waals surface area contributed by atoms with Crippen molar-refractivity contribution in [2.45, 2.75) is 6.04 Å². The van der Waals surface area contributed by atoms with Crippen LogP contribution in [0.25, 0.3) is 0 Å². The van der Waals surface area contributed by atoms with E-state index in [0.29, 0.717) is 0 Å². The Balaban J connectivity index is 4.19. The molecule has 0 aliphatic heterocycles. The van der Waals surface area contributed by atoms with Gasteiger partial charge in [-0.1, -0.05) is 0 Å². The summed E-state index contributed by atoms with van der Waals surface area (Å²) in [4.78, 5) is 11.8. The molecule has 0 spiro atoms. The van der Waals surface area contributed by atoms with Gasteiger partial charge in [0.05, 0.1) is 27.2 Å². The molecule has 6 heteroatoms. The minimum atomic E-state index is -1.01. The summed E-state index contributed by atoms with van der Waals surface area (Å²) in [6.45, 7) is -1.54. The van der Waals surface area contributed by atoms with E-state index in [-0.39, 0.29) is 0 Å². The van der Waals surface area contributed by atoms with Crippen molar-refractivity contribution in [3.05, 3.63) is 0 Å². The number of hydrogen-bond acceptors (Lipinski definition) is 6. The number of hydrogen-bond donors (Lipinski definition) is 3. The third-order valence-electron chi connectivity index (χ3n) is 1.45. The van der Waals surface area contributed by atoms with Crippen LogP contribution in [0.2, 0.25) is 0 Å². The monoisotopic (exact) mass is 179 g/mol. The third-order valence-corrected chi connectivity index (χ3v) is 1.45. The summed E-state index contributed by atoms with van der Waals surface area (Å²) in [5.74, 6) is -0.694. The standard InChI is InChI=1S/C6H13NO5/c1-12-6(11)5(2-8)7(3-9)4-10/h5,8-10H,2-4H2,1H3/t5-/m0/s1. The average molecular weight is 179 g/mol. The zero-order valence-corrected chi connectivity index (χ0v) is 6.80. The minimum Gasteiger partial charge on any atom is -0.468 e. The van der Waals surface area contributed by atoms with Crippen molar-refractivity contribution in [2.75, 3.05) is 27.2 Å². The van der Waals surface area contributed by atoms with E-state index in [1.54, 1.807) is 0 Å². The number of ether oxygens (including phenoxy) is 1. The van der Waals surface area contributed by atoms with Crippen LogP contribution < -0.4 is 0 Å². The first-order chi connectivity index (χ1) is 5.71. The van der Waals surface area contributed by atoms with Crippen molar-refractivity contribution in [1.82, 2.24) is 4.90 Å². The fourth-order valence-electron chi connectivity index (χ4n) is 0.717. The van der Waals surface area contributed by atoms with E-state index in [1.165, 1.54) is 0 Å². The Morgan fingerprint density at radius 2 is 1.92 bits per heavy atom. The molecule has 0 bridgehead atoms. The first kappa shape index (κ1) is 11.3. The van der Waals surface area contributed by atoms with Gasteiger partial charge >= 0.3 is 5.97 Å². The van der Waals surface area contributed by atoms with Gasteiger partial charge in [-0.2, -0.15) is 0 Å². The first-order valence-corrected chi connectivity index (χ1v) is 3.35. The Bertz CT molecular complexity index is 136. The van der Waals surface area contributed by atoms with Gasteiger partial charge in [0, 0.05) is 0 Å². The van der Waals surface area contributed by atoms with Gasteiger partial charge in [0.15, 0.2) is 0 Å². The number of rotatable bonds is 5. The predicted octanol–water partition coefficient (Wildman–Crippen LogP) is -2.28. The van der Waals surface area contributed by atoms with Gasteiger partial charge in [0.25, 0.3) is 0 Å². The number of nitrogens with zero attached hydrogens (tertiary/aromatic N) is 1. The van der Waals surface area contributed by atoms with Crippen LogP contribution in [-0.4, -0.2) is 59.4 Å². The van der Waals surface area contributed by atoms with E-state index in [9.17, 15) is 4.79 Å². The third kappa shape index (κ3) is 2.74. The molecule has 0 aromatic heterocycles. The van der Waals surface area contributed by atoms with Crippen LogP contribution in [0.5, 0.6) is 0 Å². The Hall–Kier alpha value is -0.690. The second-order valence-corrected chi connectivity index (χ2v) is 2.09. The summed E-state index contributed by atoms with van der Waals surface area (Å²) in [6.07, 6.45) is 0. The molecule has 6 nitrogen and oxygen atoms in total. The second-order valence-electron chi connectivity index (χ2n) is 2.09. The van der Waals surface area contributed by atoms with Crippen LogP contribution >= 0.6 is 0 Å². The molecule has 0 rings (SSSR count). The normalized spacial score (nSPS) is 13.1. The molecule has 0 aliphatic carbocycles. The van der Waals surface area contributed by atoms with Crippen molar-refractivity contribution in [2.24, 2.45) is 0 Å². The van der Waals surface area contributed by atoms with Crippen LogP contribution in [0.1, 0.15) is 0 Å². The van der Waals surface area contributed by atoms with Crippen molar-refractivity contribution >= 4 is 5.97 Å². The van der Waals surface area contributed by atoms with Crippen LogP contribution in [-0.2, 0) is 9.53 Å². The predicted molar refractivity (Wildman–Crippen MR) is 38.9 cm³/mol. The lowest BCUT2D eigenvalue weighted by atomic mass is 10.3. The summed E-state index contributed by atoms with van der Waals surface area (Å²) in [5.41, 5.74) is 0.